The van der Waals surface area contributed by atoms with Gasteiger partial charge in [0.05, 0.1) is 0 Å². The van der Waals surface area contributed by atoms with Crippen LogP contribution in [0.5, 0.6) is 0 Å². The molecule has 1 fully saturated rings. The van der Waals surface area contributed by atoms with Crippen LogP contribution in [-0.2, 0) is 12.8 Å². The van der Waals surface area contributed by atoms with Gasteiger partial charge in [0.25, 0.3) is 0 Å². The number of piperidine rings is 1. The monoisotopic (exact) mass is 369 g/mol. The highest BCUT2D eigenvalue weighted by Crippen LogP contribution is 2.26. The Labute approximate surface area is 152 Å². The average Bonchev–Trinajstić information content (AvgIpc) is 2.94. The van der Waals surface area contributed by atoms with Crippen LogP contribution in [0, 0.1) is 13.8 Å². The van der Waals surface area contributed by atoms with Gasteiger partial charge in [0, 0.05) is 48.3 Å². The average molecular weight is 370 g/mol. The Balaban J connectivity index is 0.00000208. The van der Waals surface area contributed by atoms with E-state index in [2.05, 4.69) is 25.1 Å². The van der Waals surface area contributed by atoms with E-state index in [-0.39, 0.29) is 17.8 Å². The van der Waals surface area contributed by atoms with Crippen LogP contribution in [0.15, 0.2) is 16.1 Å². The van der Waals surface area contributed by atoms with Crippen LogP contribution in [0.3, 0.4) is 0 Å². The van der Waals surface area contributed by atoms with Crippen molar-refractivity contribution in [1.82, 2.24) is 25.1 Å². The third-order valence-corrected chi connectivity index (χ3v) is 5.54. The first-order chi connectivity index (χ1) is 11.1. The molecule has 132 valence electrons. The van der Waals surface area contributed by atoms with Crippen LogP contribution >= 0.6 is 24.2 Å². The maximum atomic E-state index is 12.0. The minimum absolute atomic E-state index is 0. The summed E-state index contributed by atoms with van der Waals surface area (Å²) in [7, 11) is 2.02. The first-order valence-corrected chi connectivity index (χ1v) is 8.97. The van der Waals surface area contributed by atoms with Gasteiger partial charge in [-0.1, -0.05) is 11.8 Å². The molecule has 8 heteroatoms. The van der Waals surface area contributed by atoms with Crippen LogP contribution in [0.25, 0.3) is 0 Å². The summed E-state index contributed by atoms with van der Waals surface area (Å²) >= 11 is 1.61. The molecule has 0 radical (unpaired) electrons. The fourth-order valence-corrected chi connectivity index (χ4v) is 3.93. The maximum absolute atomic E-state index is 12.0. The fraction of sp³-hybridized carbons (Fsp3) is 0.562. The quantitative estimate of drug-likeness (QED) is 0.809. The Kier molecular flexibility index (Phi) is 6.48. The molecule has 3 heterocycles. The minimum Gasteiger partial charge on any atom is -0.364 e. The van der Waals surface area contributed by atoms with Gasteiger partial charge in [-0.2, -0.15) is 0 Å². The number of rotatable bonds is 4. The standard InChI is InChI=1S/C16H23N5OS.ClH/c1-10-7-18-13(11(2)14(10)22)9-23-16-20-19-15(21(16)3)12-5-4-6-17-8-12;/h7,12,17H,4-6,8-9H2,1-3H3,(H,18,22);1H. The highest BCUT2D eigenvalue weighted by atomic mass is 35.5. The second-order valence-electron chi connectivity index (χ2n) is 6.14. The fourth-order valence-electron chi connectivity index (χ4n) is 2.97. The van der Waals surface area contributed by atoms with Crippen LogP contribution in [0.1, 0.15) is 41.4 Å². The molecule has 0 amide bonds. The molecule has 3 rings (SSSR count). The second kappa shape index (κ2) is 8.18. The molecular weight excluding hydrogens is 346 g/mol. The number of aryl methyl sites for hydroxylation is 1. The molecule has 6 nitrogen and oxygen atoms in total. The summed E-state index contributed by atoms with van der Waals surface area (Å²) in [6, 6.07) is 0. The van der Waals surface area contributed by atoms with Gasteiger partial charge in [0.2, 0.25) is 0 Å². The lowest BCUT2D eigenvalue weighted by Crippen LogP contribution is -2.29. The zero-order valence-corrected chi connectivity index (χ0v) is 15.9. The van der Waals surface area contributed by atoms with E-state index in [4.69, 9.17) is 0 Å². The zero-order valence-electron chi connectivity index (χ0n) is 14.3. The van der Waals surface area contributed by atoms with Gasteiger partial charge in [-0.3, -0.25) is 4.79 Å². The topological polar surface area (TPSA) is 75.6 Å². The molecule has 1 aliphatic heterocycles. The largest absolute Gasteiger partial charge is 0.364 e. The Morgan fingerprint density at radius 3 is 2.88 bits per heavy atom. The molecule has 2 N–H and O–H groups in total. The normalized spacial score (nSPS) is 17.5. The molecule has 0 aliphatic carbocycles. The summed E-state index contributed by atoms with van der Waals surface area (Å²) < 4.78 is 2.09. The summed E-state index contributed by atoms with van der Waals surface area (Å²) in [4.78, 5) is 15.2. The Bertz CT molecular complexity index is 751. The predicted octanol–water partition coefficient (Wildman–Crippen LogP) is 2.30. The van der Waals surface area contributed by atoms with Crippen LogP contribution in [-0.4, -0.2) is 32.8 Å². The highest BCUT2D eigenvalue weighted by Gasteiger charge is 2.21. The van der Waals surface area contributed by atoms with Crippen molar-refractivity contribution >= 4 is 24.2 Å². The SMILES string of the molecule is Cc1c[nH]c(CSc2nnc(C3CCCNC3)n2C)c(C)c1=O.Cl. The van der Waals surface area contributed by atoms with Gasteiger partial charge in [0.1, 0.15) is 5.82 Å². The lowest BCUT2D eigenvalue weighted by atomic mass is 9.99. The number of hydrogen-bond acceptors (Lipinski definition) is 5. The van der Waals surface area contributed by atoms with Gasteiger partial charge in [-0.15, -0.1) is 22.6 Å². The molecule has 2 aromatic rings. The number of aromatic amines is 1. The Morgan fingerprint density at radius 2 is 2.17 bits per heavy atom. The van der Waals surface area contributed by atoms with Gasteiger partial charge >= 0.3 is 0 Å². The summed E-state index contributed by atoms with van der Waals surface area (Å²) in [6.07, 6.45) is 4.12. The van der Waals surface area contributed by atoms with Crippen molar-refractivity contribution in [3.8, 4) is 0 Å². The van der Waals surface area contributed by atoms with E-state index >= 15 is 0 Å². The molecule has 2 aromatic heterocycles. The summed E-state index contributed by atoms with van der Waals surface area (Å²) in [5, 5.41) is 13.0. The Hall–Kier alpha value is -1.31. The molecular formula is C16H24ClN5OS. The number of pyridine rings is 1. The lowest BCUT2D eigenvalue weighted by molar-refractivity contribution is 0.436. The number of nitrogens with one attached hydrogen (secondary N) is 2. The first kappa shape index (κ1) is 19.0. The molecule has 1 aliphatic rings. The molecule has 24 heavy (non-hydrogen) atoms. The minimum atomic E-state index is 0. The van der Waals surface area contributed by atoms with Crippen molar-refractivity contribution in [1.29, 1.82) is 0 Å². The van der Waals surface area contributed by atoms with E-state index in [0.717, 1.165) is 47.3 Å². The second-order valence-corrected chi connectivity index (χ2v) is 7.08. The van der Waals surface area contributed by atoms with Gasteiger partial charge in [-0.25, -0.2) is 0 Å². The molecule has 0 bridgehead atoms. The van der Waals surface area contributed by atoms with E-state index in [1.165, 1.54) is 6.42 Å². The first-order valence-electron chi connectivity index (χ1n) is 7.98. The van der Waals surface area contributed by atoms with E-state index < -0.39 is 0 Å². The smallest absolute Gasteiger partial charge is 0.191 e. The molecule has 0 aromatic carbocycles. The molecule has 0 spiro atoms. The van der Waals surface area contributed by atoms with Crippen molar-refractivity contribution in [2.45, 2.75) is 43.5 Å². The van der Waals surface area contributed by atoms with Gasteiger partial charge < -0.3 is 14.9 Å². The molecule has 1 unspecified atom stereocenters. The van der Waals surface area contributed by atoms with Crippen LogP contribution in [0.2, 0.25) is 0 Å². The summed E-state index contributed by atoms with van der Waals surface area (Å²) in [5.41, 5.74) is 2.61. The van der Waals surface area contributed by atoms with Crippen molar-refractivity contribution in [3.63, 3.8) is 0 Å². The van der Waals surface area contributed by atoms with E-state index in [1.807, 2.05) is 20.9 Å². The summed E-state index contributed by atoms with van der Waals surface area (Å²) in [5.74, 6) is 2.18. The van der Waals surface area contributed by atoms with Crippen LogP contribution < -0.4 is 10.7 Å². The number of aromatic nitrogens is 4. The van der Waals surface area contributed by atoms with Crippen LogP contribution in [0.4, 0.5) is 0 Å². The molecule has 1 saturated heterocycles. The lowest BCUT2D eigenvalue weighted by Gasteiger charge is -2.21. The number of halogens is 1. The summed E-state index contributed by atoms with van der Waals surface area (Å²) in [6.45, 7) is 5.77. The van der Waals surface area contributed by atoms with Crippen molar-refractivity contribution in [3.05, 3.63) is 39.1 Å². The number of H-pyrrole nitrogens is 1. The van der Waals surface area contributed by atoms with E-state index in [1.54, 1.807) is 18.0 Å². The number of hydrogen-bond donors (Lipinski definition) is 2. The maximum Gasteiger partial charge on any atom is 0.191 e. The van der Waals surface area contributed by atoms with E-state index in [0.29, 0.717) is 11.7 Å². The Morgan fingerprint density at radius 1 is 1.38 bits per heavy atom. The predicted molar refractivity (Wildman–Crippen MR) is 99.2 cm³/mol. The third-order valence-electron chi connectivity index (χ3n) is 4.49. The van der Waals surface area contributed by atoms with E-state index in [9.17, 15) is 4.79 Å². The van der Waals surface area contributed by atoms with Crippen molar-refractivity contribution < 1.29 is 0 Å². The third kappa shape index (κ3) is 3.84. The zero-order chi connectivity index (χ0) is 16.4. The van der Waals surface area contributed by atoms with Gasteiger partial charge in [0.15, 0.2) is 10.6 Å². The van der Waals surface area contributed by atoms with Crippen molar-refractivity contribution in [2.24, 2.45) is 7.05 Å². The van der Waals surface area contributed by atoms with Crippen molar-refractivity contribution in [2.75, 3.05) is 13.1 Å². The number of thioether (sulfide) groups is 1. The molecule has 0 saturated carbocycles. The van der Waals surface area contributed by atoms with Gasteiger partial charge in [-0.05, 0) is 33.2 Å². The number of nitrogens with zero attached hydrogens (tertiary/aromatic N) is 3. The molecule has 1 atom stereocenters. The highest BCUT2D eigenvalue weighted by molar-refractivity contribution is 7.98.